The molecule has 0 aliphatic carbocycles. The molecule has 208 valence electrons. The molecule has 0 spiro atoms. The quantitative estimate of drug-likeness (QED) is 0.241. The van der Waals surface area contributed by atoms with Crippen molar-refractivity contribution < 1.29 is 14.7 Å². The fraction of sp³-hybridized carbons (Fsp3) is 0.353. The van der Waals surface area contributed by atoms with Crippen LogP contribution in [0.4, 0.5) is 5.69 Å². The molecule has 1 aliphatic rings. The van der Waals surface area contributed by atoms with Crippen LogP contribution in [0.15, 0.2) is 79.0 Å². The van der Waals surface area contributed by atoms with Gasteiger partial charge in [-0.2, -0.15) is 0 Å². The number of anilines is 1. The Kier molecular flexibility index (Phi) is 8.36. The standard InChI is InChI=1S/C34H39N3O3/c1-22(2)33-34(40)36-27(21-38)19-26-20-35-32-28(30(39)18-24-10-6-4-7-11-24)14-15-29(31(26)32)37(33)17-16-23(3)25-12-8-5-9-13-25/h4-15,20,22-23,27,33,35,38H,16-19,21H2,1-3H3,(H,36,40)/t23?,27-,33-/m0/s1. The molecule has 6 nitrogen and oxygen atoms in total. The summed E-state index contributed by atoms with van der Waals surface area (Å²) in [5.41, 5.74) is 5.63. The van der Waals surface area contributed by atoms with Crippen molar-refractivity contribution in [2.75, 3.05) is 18.1 Å². The highest BCUT2D eigenvalue weighted by Crippen LogP contribution is 2.37. The largest absolute Gasteiger partial charge is 0.394 e. The molecule has 5 rings (SSSR count). The minimum atomic E-state index is -0.424. The predicted octanol–water partition coefficient (Wildman–Crippen LogP) is 5.65. The van der Waals surface area contributed by atoms with Gasteiger partial charge in [-0.3, -0.25) is 9.59 Å². The van der Waals surface area contributed by atoms with E-state index in [4.69, 9.17) is 0 Å². The number of hydrogen-bond donors (Lipinski definition) is 3. The van der Waals surface area contributed by atoms with Crippen molar-refractivity contribution >= 4 is 28.3 Å². The number of rotatable bonds is 9. The summed E-state index contributed by atoms with van der Waals surface area (Å²) in [5.74, 6) is 0.306. The number of aliphatic hydroxyl groups is 1. The molecule has 40 heavy (non-hydrogen) atoms. The van der Waals surface area contributed by atoms with Gasteiger partial charge in [0, 0.05) is 35.8 Å². The average Bonchev–Trinajstić information content (AvgIpc) is 3.39. The second-order valence-electron chi connectivity index (χ2n) is 11.4. The predicted molar refractivity (Wildman–Crippen MR) is 161 cm³/mol. The Morgan fingerprint density at radius 2 is 1.70 bits per heavy atom. The summed E-state index contributed by atoms with van der Waals surface area (Å²) in [5, 5.41) is 14.2. The Hall–Kier alpha value is -3.90. The molecule has 4 aromatic rings. The van der Waals surface area contributed by atoms with Gasteiger partial charge in [0.25, 0.3) is 0 Å². The lowest BCUT2D eigenvalue weighted by molar-refractivity contribution is -0.124. The highest BCUT2D eigenvalue weighted by atomic mass is 16.3. The minimum Gasteiger partial charge on any atom is -0.394 e. The van der Waals surface area contributed by atoms with E-state index in [-0.39, 0.29) is 24.2 Å². The van der Waals surface area contributed by atoms with Gasteiger partial charge in [-0.15, -0.1) is 0 Å². The first-order valence-electron chi connectivity index (χ1n) is 14.3. The lowest BCUT2D eigenvalue weighted by Crippen LogP contribution is -2.53. The van der Waals surface area contributed by atoms with Crippen LogP contribution in [0.25, 0.3) is 10.9 Å². The zero-order chi connectivity index (χ0) is 28.2. The van der Waals surface area contributed by atoms with Crippen LogP contribution in [0, 0.1) is 5.92 Å². The number of Topliss-reactive ketones (excluding diaryl/α,β-unsaturated/α-hetero) is 1. The summed E-state index contributed by atoms with van der Waals surface area (Å²) in [4.78, 5) is 32.9. The maximum absolute atomic E-state index is 13.7. The SMILES string of the molecule is CC(CCN1c2ccc(C(=O)Cc3ccccc3)c3[nH]cc(c23)C[C@@H](CO)NC(=O)[C@@H]1C(C)C)c1ccccc1. The smallest absolute Gasteiger partial charge is 0.243 e. The third-order valence-electron chi connectivity index (χ3n) is 8.15. The molecule has 1 unspecified atom stereocenters. The first kappa shape index (κ1) is 27.7. The van der Waals surface area contributed by atoms with Crippen LogP contribution in [0.3, 0.4) is 0 Å². The third kappa shape index (κ3) is 5.68. The van der Waals surface area contributed by atoms with Gasteiger partial charge < -0.3 is 20.3 Å². The second kappa shape index (κ2) is 12.1. The van der Waals surface area contributed by atoms with Gasteiger partial charge >= 0.3 is 0 Å². The summed E-state index contributed by atoms with van der Waals surface area (Å²) in [6, 6.07) is 23.3. The number of nitrogens with one attached hydrogen (secondary N) is 2. The van der Waals surface area contributed by atoms with E-state index in [1.807, 2.05) is 54.7 Å². The van der Waals surface area contributed by atoms with Crippen LogP contribution >= 0.6 is 0 Å². The molecule has 2 heterocycles. The summed E-state index contributed by atoms with van der Waals surface area (Å²) in [6.45, 7) is 6.87. The molecule has 0 radical (unpaired) electrons. The number of aromatic amines is 1. The molecule has 3 atom stereocenters. The molecule has 1 aliphatic heterocycles. The topological polar surface area (TPSA) is 85.4 Å². The average molecular weight is 538 g/mol. The number of ketones is 1. The highest BCUT2D eigenvalue weighted by Gasteiger charge is 2.34. The Labute approximate surface area is 236 Å². The van der Waals surface area contributed by atoms with Crippen LogP contribution in [0.1, 0.15) is 60.2 Å². The molecule has 0 bridgehead atoms. The number of nitrogens with zero attached hydrogens (tertiary/aromatic N) is 1. The Bertz CT molecular complexity index is 1460. The first-order chi connectivity index (χ1) is 19.4. The molecular weight excluding hydrogens is 498 g/mol. The Morgan fingerprint density at radius 1 is 1.00 bits per heavy atom. The van der Waals surface area contributed by atoms with Crippen molar-refractivity contribution in [2.45, 2.75) is 58.0 Å². The maximum Gasteiger partial charge on any atom is 0.243 e. The van der Waals surface area contributed by atoms with E-state index >= 15 is 0 Å². The molecular formula is C34H39N3O3. The lowest BCUT2D eigenvalue weighted by atomic mass is 9.94. The van der Waals surface area contributed by atoms with Crippen LogP contribution in [-0.2, 0) is 17.6 Å². The second-order valence-corrected chi connectivity index (χ2v) is 11.4. The maximum atomic E-state index is 13.7. The van der Waals surface area contributed by atoms with E-state index in [1.165, 1.54) is 5.56 Å². The number of carbonyl (C=O) groups is 2. The van der Waals surface area contributed by atoms with E-state index in [2.05, 4.69) is 60.2 Å². The van der Waals surface area contributed by atoms with Crippen LogP contribution in [-0.4, -0.2) is 47.0 Å². The van der Waals surface area contributed by atoms with Gasteiger partial charge in [0.05, 0.1) is 18.2 Å². The van der Waals surface area contributed by atoms with Gasteiger partial charge in [-0.05, 0) is 53.5 Å². The summed E-state index contributed by atoms with van der Waals surface area (Å²) >= 11 is 0. The van der Waals surface area contributed by atoms with Gasteiger partial charge in [0.2, 0.25) is 5.91 Å². The molecule has 0 saturated heterocycles. The van der Waals surface area contributed by atoms with E-state index < -0.39 is 12.1 Å². The van der Waals surface area contributed by atoms with Gasteiger partial charge in [-0.1, -0.05) is 81.4 Å². The number of aliphatic hydroxyl groups excluding tert-OH is 1. The van der Waals surface area contributed by atoms with Crippen molar-refractivity contribution in [2.24, 2.45) is 5.92 Å². The minimum absolute atomic E-state index is 0.0290. The van der Waals surface area contributed by atoms with Crippen molar-refractivity contribution in [1.29, 1.82) is 0 Å². The zero-order valence-electron chi connectivity index (χ0n) is 23.6. The Morgan fingerprint density at radius 3 is 2.38 bits per heavy atom. The molecule has 1 aromatic heterocycles. The normalized spacial score (nSPS) is 18.2. The number of benzene rings is 3. The fourth-order valence-electron chi connectivity index (χ4n) is 6.02. The van der Waals surface area contributed by atoms with Crippen molar-refractivity contribution in [1.82, 2.24) is 10.3 Å². The van der Waals surface area contributed by atoms with Crippen molar-refractivity contribution in [3.05, 3.63) is 101 Å². The van der Waals surface area contributed by atoms with Crippen LogP contribution < -0.4 is 10.2 Å². The number of amides is 1. The van der Waals surface area contributed by atoms with Gasteiger partial charge in [0.15, 0.2) is 5.78 Å². The summed E-state index contributed by atoms with van der Waals surface area (Å²) in [7, 11) is 0. The number of carbonyl (C=O) groups excluding carboxylic acids is 2. The molecule has 6 heteroatoms. The third-order valence-corrected chi connectivity index (χ3v) is 8.15. The van der Waals surface area contributed by atoms with E-state index in [1.54, 1.807) is 0 Å². The fourth-order valence-corrected chi connectivity index (χ4v) is 6.02. The van der Waals surface area contributed by atoms with E-state index in [9.17, 15) is 14.7 Å². The first-order valence-corrected chi connectivity index (χ1v) is 14.3. The van der Waals surface area contributed by atoms with Gasteiger partial charge in [0.1, 0.15) is 6.04 Å². The van der Waals surface area contributed by atoms with E-state index in [0.717, 1.165) is 34.1 Å². The van der Waals surface area contributed by atoms with Crippen molar-refractivity contribution in [3.8, 4) is 0 Å². The monoisotopic (exact) mass is 537 g/mol. The molecule has 1 amide bonds. The molecule has 0 saturated carbocycles. The van der Waals surface area contributed by atoms with Gasteiger partial charge in [-0.25, -0.2) is 0 Å². The number of H-pyrrole nitrogens is 1. The summed E-state index contributed by atoms with van der Waals surface area (Å²) < 4.78 is 0. The van der Waals surface area contributed by atoms with Crippen molar-refractivity contribution in [3.63, 3.8) is 0 Å². The molecule has 3 aromatic carbocycles. The van der Waals surface area contributed by atoms with Crippen LogP contribution in [0.2, 0.25) is 0 Å². The molecule has 0 fully saturated rings. The highest BCUT2D eigenvalue weighted by molar-refractivity contribution is 6.12. The van der Waals surface area contributed by atoms with E-state index in [0.29, 0.717) is 30.9 Å². The number of hydrogen-bond acceptors (Lipinski definition) is 4. The number of aromatic nitrogens is 1. The lowest BCUT2D eigenvalue weighted by Gasteiger charge is -2.36. The summed E-state index contributed by atoms with van der Waals surface area (Å²) in [6.07, 6.45) is 3.59. The Balaban J connectivity index is 1.59. The van der Waals surface area contributed by atoms with Crippen LogP contribution in [0.5, 0.6) is 0 Å². The molecule has 3 N–H and O–H groups in total. The zero-order valence-corrected chi connectivity index (χ0v) is 23.6.